The van der Waals surface area contributed by atoms with E-state index in [1.54, 1.807) is 18.2 Å². The van der Waals surface area contributed by atoms with Crippen LogP contribution in [-0.4, -0.2) is 33.2 Å². The van der Waals surface area contributed by atoms with E-state index in [-0.39, 0.29) is 10.3 Å². The SMILES string of the molecule is C#CC1(O)CC[C@H]2[C@@H]3CCc4cc(OS(=O)(=O)c5cccc6c(N(C)C)cccc56)ccc4[C@H]3CC[C@@]21C. The molecule has 198 valence electrons. The number of anilines is 1. The Kier molecular flexibility index (Phi) is 5.83. The van der Waals surface area contributed by atoms with Crippen molar-refractivity contribution in [2.75, 3.05) is 19.0 Å². The minimum Gasteiger partial charge on any atom is -0.379 e. The fourth-order valence-electron chi connectivity index (χ4n) is 7.91. The summed E-state index contributed by atoms with van der Waals surface area (Å²) in [4.78, 5) is 2.15. The predicted octanol–water partition coefficient (Wildman–Crippen LogP) is 5.89. The summed E-state index contributed by atoms with van der Waals surface area (Å²) in [5, 5.41) is 12.7. The molecule has 5 atom stereocenters. The van der Waals surface area contributed by atoms with Crippen LogP contribution in [0.3, 0.4) is 0 Å². The van der Waals surface area contributed by atoms with Gasteiger partial charge in [-0.3, -0.25) is 0 Å². The van der Waals surface area contributed by atoms with Gasteiger partial charge in [0.15, 0.2) is 0 Å². The maximum Gasteiger partial charge on any atom is 0.339 e. The zero-order valence-electron chi connectivity index (χ0n) is 22.3. The number of terminal acetylenes is 1. The Morgan fingerprint density at radius 3 is 2.55 bits per heavy atom. The van der Waals surface area contributed by atoms with Crippen molar-refractivity contribution < 1.29 is 17.7 Å². The summed E-state index contributed by atoms with van der Waals surface area (Å²) >= 11 is 0. The topological polar surface area (TPSA) is 66.8 Å². The third-order valence-corrected chi connectivity index (χ3v) is 11.2. The van der Waals surface area contributed by atoms with Crippen molar-refractivity contribution in [2.45, 2.75) is 61.9 Å². The molecule has 5 nitrogen and oxygen atoms in total. The van der Waals surface area contributed by atoms with Crippen molar-refractivity contribution in [3.8, 4) is 18.1 Å². The minimum absolute atomic E-state index is 0.172. The van der Waals surface area contributed by atoms with Gasteiger partial charge < -0.3 is 14.2 Å². The standard InChI is InChI=1S/C32H35NO4S/c1-5-32(34)19-17-28-25-14-12-21-20-22(13-15-23(21)24(25)16-18-31(28,32)2)37-38(35,36)30-11-7-8-26-27(30)9-6-10-29(26)33(3)4/h1,6-11,13,15,20,24-25,28,34H,12,14,16-19H2,2-4H3/t24-,25-,28+,31+,32?/m1/s1. The van der Waals surface area contributed by atoms with E-state index in [9.17, 15) is 13.5 Å². The molecule has 0 amide bonds. The summed E-state index contributed by atoms with van der Waals surface area (Å²) in [6.07, 6.45) is 11.2. The van der Waals surface area contributed by atoms with E-state index in [1.807, 2.05) is 49.3 Å². The van der Waals surface area contributed by atoms with Crippen LogP contribution in [0, 0.1) is 29.6 Å². The van der Waals surface area contributed by atoms with Gasteiger partial charge in [0.25, 0.3) is 0 Å². The molecule has 0 aromatic heterocycles. The van der Waals surface area contributed by atoms with E-state index < -0.39 is 15.7 Å². The molecule has 6 rings (SSSR count). The van der Waals surface area contributed by atoms with Crippen molar-refractivity contribution in [2.24, 2.45) is 17.3 Å². The van der Waals surface area contributed by atoms with Crippen molar-refractivity contribution in [3.63, 3.8) is 0 Å². The molecule has 2 saturated carbocycles. The molecule has 0 aliphatic heterocycles. The summed E-state index contributed by atoms with van der Waals surface area (Å²) in [7, 11) is -0.146. The van der Waals surface area contributed by atoms with Crippen LogP contribution in [-0.2, 0) is 16.5 Å². The lowest BCUT2D eigenvalue weighted by Crippen LogP contribution is -2.50. The monoisotopic (exact) mass is 529 g/mol. The Hall–Kier alpha value is -3.01. The van der Waals surface area contributed by atoms with Gasteiger partial charge in [0.05, 0.1) is 0 Å². The number of rotatable bonds is 4. The average molecular weight is 530 g/mol. The van der Waals surface area contributed by atoms with Crippen molar-refractivity contribution in [1.29, 1.82) is 0 Å². The van der Waals surface area contributed by atoms with Crippen LogP contribution >= 0.6 is 0 Å². The van der Waals surface area contributed by atoms with E-state index in [0.717, 1.165) is 43.2 Å². The summed E-state index contributed by atoms with van der Waals surface area (Å²) < 4.78 is 32.7. The van der Waals surface area contributed by atoms with Crippen LogP contribution in [0.5, 0.6) is 5.75 Å². The van der Waals surface area contributed by atoms with Crippen molar-refractivity contribution in [1.82, 2.24) is 0 Å². The van der Waals surface area contributed by atoms with Crippen LogP contribution < -0.4 is 9.08 Å². The van der Waals surface area contributed by atoms with E-state index in [1.165, 1.54) is 11.1 Å². The molecule has 3 aromatic rings. The van der Waals surface area contributed by atoms with Gasteiger partial charge in [0, 0.05) is 36.0 Å². The molecule has 1 N–H and O–H groups in total. The average Bonchev–Trinajstić information content (AvgIpc) is 3.18. The summed E-state index contributed by atoms with van der Waals surface area (Å²) in [6, 6.07) is 16.8. The molecule has 2 fully saturated rings. The third kappa shape index (κ3) is 3.66. The lowest BCUT2D eigenvalue weighted by atomic mass is 9.53. The van der Waals surface area contributed by atoms with Gasteiger partial charge in [-0.1, -0.05) is 43.2 Å². The molecule has 3 aliphatic rings. The predicted molar refractivity (Wildman–Crippen MR) is 151 cm³/mol. The normalized spacial score (nSPS) is 30.1. The van der Waals surface area contributed by atoms with Crippen molar-refractivity contribution >= 4 is 26.6 Å². The molecule has 3 aromatic carbocycles. The second-order valence-corrected chi connectivity index (χ2v) is 13.4. The first-order valence-corrected chi connectivity index (χ1v) is 15.0. The lowest BCUT2D eigenvalue weighted by molar-refractivity contribution is -0.0646. The van der Waals surface area contributed by atoms with Gasteiger partial charge in [-0.15, -0.1) is 6.42 Å². The third-order valence-electron chi connectivity index (χ3n) is 9.90. The first kappa shape index (κ1) is 25.3. The fraction of sp³-hybridized carbons (Fsp3) is 0.438. The highest BCUT2D eigenvalue weighted by molar-refractivity contribution is 7.87. The largest absolute Gasteiger partial charge is 0.379 e. The highest BCUT2D eigenvalue weighted by Crippen LogP contribution is 2.64. The van der Waals surface area contributed by atoms with Crippen LogP contribution in [0.1, 0.15) is 56.1 Å². The van der Waals surface area contributed by atoms with Gasteiger partial charge in [-0.2, -0.15) is 8.42 Å². The first-order valence-electron chi connectivity index (χ1n) is 13.5. The maximum atomic E-state index is 13.5. The first-order chi connectivity index (χ1) is 18.1. The minimum atomic E-state index is -4.03. The smallest absolute Gasteiger partial charge is 0.339 e. The van der Waals surface area contributed by atoms with Crippen LogP contribution in [0.4, 0.5) is 5.69 Å². The Labute approximate surface area is 225 Å². The number of nitrogens with zero attached hydrogens (tertiary/aromatic N) is 1. The number of aryl methyl sites for hydroxylation is 1. The van der Waals surface area contributed by atoms with Gasteiger partial charge in [-0.05, 0) is 91.7 Å². The molecule has 0 bridgehead atoms. The number of fused-ring (bicyclic) bond motifs is 6. The van der Waals surface area contributed by atoms with Crippen molar-refractivity contribution in [3.05, 3.63) is 65.7 Å². The molecule has 1 unspecified atom stereocenters. The van der Waals surface area contributed by atoms with E-state index in [0.29, 0.717) is 35.3 Å². The van der Waals surface area contributed by atoms with Gasteiger partial charge in [0.1, 0.15) is 16.2 Å². The van der Waals surface area contributed by atoms with E-state index >= 15 is 0 Å². The highest BCUT2D eigenvalue weighted by atomic mass is 32.2. The number of aliphatic hydroxyl groups is 1. The Morgan fingerprint density at radius 2 is 1.79 bits per heavy atom. The molecule has 0 saturated heterocycles. The zero-order valence-corrected chi connectivity index (χ0v) is 23.1. The van der Waals surface area contributed by atoms with Crippen LogP contribution in [0.25, 0.3) is 10.8 Å². The summed E-state index contributed by atoms with van der Waals surface area (Å²) in [5.74, 6) is 4.39. The second-order valence-electron chi connectivity index (χ2n) is 11.8. The molecule has 0 heterocycles. The fourth-order valence-corrected chi connectivity index (χ4v) is 9.05. The summed E-state index contributed by atoms with van der Waals surface area (Å²) in [5.41, 5.74) is 2.17. The Balaban J connectivity index is 1.29. The molecule has 0 spiro atoms. The lowest BCUT2D eigenvalue weighted by Gasteiger charge is -2.52. The molecular weight excluding hydrogens is 494 g/mol. The quantitative estimate of drug-likeness (QED) is 0.337. The molecule has 38 heavy (non-hydrogen) atoms. The maximum absolute atomic E-state index is 13.5. The van der Waals surface area contributed by atoms with Gasteiger partial charge in [0.2, 0.25) is 0 Å². The second kappa shape index (κ2) is 8.76. The molecular formula is C32H35NO4S. The number of hydrogen-bond acceptors (Lipinski definition) is 5. The van der Waals surface area contributed by atoms with Crippen LogP contribution in [0.15, 0.2) is 59.5 Å². The number of benzene rings is 3. The molecule has 6 heteroatoms. The zero-order chi connectivity index (χ0) is 26.9. The number of hydrogen-bond donors (Lipinski definition) is 1. The molecule has 0 radical (unpaired) electrons. The van der Waals surface area contributed by atoms with E-state index in [4.69, 9.17) is 10.6 Å². The van der Waals surface area contributed by atoms with Crippen LogP contribution in [0.2, 0.25) is 0 Å². The van der Waals surface area contributed by atoms with Gasteiger partial charge >= 0.3 is 10.1 Å². The summed E-state index contributed by atoms with van der Waals surface area (Å²) in [6.45, 7) is 2.19. The van der Waals surface area contributed by atoms with E-state index in [2.05, 4.69) is 18.9 Å². The molecule has 3 aliphatic carbocycles. The van der Waals surface area contributed by atoms with Gasteiger partial charge in [-0.25, -0.2) is 0 Å². The Bertz CT molecular complexity index is 1570. The highest BCUT2D eigenvalue weighted by Gasteiger charge is 2.61. The Morgan fingerprint density at radius 1 is 1.03 bits per heavy atom.